The maximum Gasteiger partial charge on any atom is 0.0408 e. The molecule has 1 unspecified atom stereocenters. The topological polar surface area (TPSA) is 12.0 Å². The summed E-state index contributed by atoms with van der Waals surface area (Å²) in [6, 6.07) is 7.75. The van der Waals surface area contributed by atoms with Gasteiger partial charge in [0.05, 0.1) is 0 Å². The minimum Gasteiger partial charge on any atom is -0.311 e. The Balaban J connectivity index is 1.53. The molecule has 19 heavy (non-hydrogen) atoms. The Morgan fingerprint density at radius 2 is 1.79 bits per heavy atom. The predicted molar refractivity (Wildman–Crippen MR) is 81.8 cm³/mol. The number of benzene rings is 1. The zero-order valence-electron chi connectivity index (χ0n) is 11.8. The van der Waals surface area contributed by atoms with Gasteiger partial charge in [0.2, 0.25) is 0 Å². The quantitative estimate of drug-likeness (QED) is 0.865. The zero-order chi connectivity index (χ0) is 13.2. The van der Waals surface area contributed by atoms with E-state index in [1.807, 2.05) is 6.07 Å². The van der Waals surface area contributed by atoms with Crippen molar-refractivity contribution in [3.63, 3.8) is 0 Å². The highest BCUT2D eigenvalue weighted by Gasteiger charge is 2.26. The van der Waals surface area contributed by atoms with E-state index in [0.29, 0.717) is 6.04 Å². The summed E-state index contributed by atoms with van der Waals surface area (Å²) in [7, 11) is 0. The molecule has 2 aliphatic rings. The van der Waals surface area contributed by atoms with E-state index in [-0.39, 0.29) is 0 Å². The lowest BCUT2D eigenvalue weighted by Crippen LogP contribution is -2.40. The average Bonchev–Trinajstić information content (AvgIpc) is 2.81. The average molecular weight is 278 g/mol. The van der Waals surface area contributed by atoms with Crippen molar-refractivity contribution in [2.45, 2.75) is 64.0 Å². The SMILES string of the molecule is CCC1CCC(NC2Cc3ccc(Cl)cc3C2)CC1. The first kappa shape index (κ1) is 13.5. The van der Waals surface area contributed by atoms with Gasteiger partial charge in [-0.15, -0.1) is 0 Å². The lowest BCUT2D eigenvalue weighted by Gasteiger charge is -2.30. The fourth-order valence-electron chi connectivity index (χ4n) is 3.78. The van der Waals surface area contributed by atoms with E-state index in [4.69, 9.17) is 11.6 Å². The van der Waals surface area contributed by atoms with Crippen LogP contribution in [-0.4, -0.2) is 12.1 Å². The van der Waals surface area contributed by atoms with Gasteiger partial charge >= 0.3 is 0 Å². The Hall–Kier alpha value is -0.530. The molecule has 1 saturated carbocycles. The molecule has 104 valence electrons. The van der Waals surface area contributed by atoms with E-state index in [9.17, 15) is 0 Å². The maximum absolute atomic E-state index is 6.07. The fourth-order valence-corrected chi connectivity index (χ4v) is 3.97. The van der Waals surface area contributed by atoms with Crippen molar-refractivity contribution in [1.29, 1.82) is 0 Å². The highest BCUT2D eigenvalue weighted by molar-refractivity contribution is 6.30. The van der Waals surface area contributed by atoms with Gasteiger partial charge in [-0.3, -0.25) is 0 Å². The molecule has 0 saturated heterocycles. The molecule has 1 atom stereocenters. The van der Waals surface area contributed by atoms with E-state index in [1.165, 1.54) is 49.7 Å². The van der Waals surface area contributed by atoms with Crippen molar-refractivity contribution in [2.75, 3.05) is 0 Å². The summed E-state index contributed by atoms with van der Waals surface area (Å²) in [5, 5.41) is 4.76. The molecular formula is C17H24ClN. The van der Waals surface area contributed by atoms with Gasteiger partial charge in [-0.05, 0) is 67.7 Å². The van der Waals surface area contributed by atoms with Crippen molar-refractivity contribution in [1.82, 2.24) is 5.32 Å². The Morgan fingerprint density at radius 1 is 1.05 bits per heavy atom. The van der Waals surface area contributed by atoms with Crippen molar-refractivity contribution in [2.24, 2.45) is 5.92 Å². The molecule has 0 spiro atoms. The van der Waals surface area contributed by atoms with Crippen molar-refractivity contribution in [3.8, 4) is 0 Å². The Labute approximate surface area is 121 Å². The van der Waals surface area contributed by atoms with E-state index in [2.05, 4.69) is 24.4 Å². The van der Waals surface area contributed by atoms with Gasteiger partial charge < -0.3 is 5.32 Å². The van der Waals surface area contributed by atoms with Gasteiger partial charge in [-0.2, -0.15) is 0 Å². The molecule has 0 radical (unpaired) electrons. The van der Waals surface area contributed by atoms with Crippen LogP contribution in [0.25, 0.3) is 0 Å². The minimum atomic E-state index is 0.636. The number of fused-ring (bicyclic) bond motifs is 1. The summed E-state index contributed by atoms with van der Waals surface area (Å²) in [5.41, 5.74) is 2.94. The van der Waals surface area contributed by atoms with Gasteiger partial charge in [0.15, 0.2) is 0 Å². The van der Waals surface area contributed by atoms with Crippen LogP contribution in [0.15, 0.2) is 18.2 Å². The van der Waals surface area contributed by atoms with Crippen molar-refractivity contribution >= 4 is 11.6 Å². The summed E-state index contributed by atoms with van der Waals surface area (Å²) < 4.78 is 0. The number of halogens is 1. The molecule has 0 aliphatic heterocycles. The van der Waals surface area contributed by atoms with Crippen LogP contribution in [0.4, 0.5) is 0 Å². The first-order chi connectivity index (χ1) is 9.24. The number of rotatable bonds is 3. The standard InChI is InChI=1S/C17H24ClN/c1-2-12-3-7-16(8-4-12)19-17-10-13-5-6-15(18)9-14(13)11-17/h5-6,9,12,16-17,19H,2-4,7-8,10-11H2,1H3. The van der Waals surface area contributed by atoms with Crippen LogP contribution < -0.4 is 5.32 Å². The Morgan fingerprint density at radius 3 is 2.53 bits per heavy atom. The molecule has 1 fully saturated rings. The molecule has 1 aromatic carbocycles. The van der Waals surface area contributed by atoms with E-state index in [1.54, 1.807) is 0 Å². The highest BCUT2D eigenvalue weighted by Crippen LogP contribution is 2.29. The highest BCUT2D eigenvalue weighted by atomic mass is 35.5. The molecular weight excluding hydrogens is 254 g/mol. The van der Waals surface area contributed by atoms with Crippen LogP contribution >= 0.6 is 11.6 Å². The van der Waals surface area contributed by atoms with Crippen LogP contribution in [-0.2, 0) is 12.8 Å². The second kappa shape index (κ2) is 5.85. The lowest BCUT2D eigenvalue weighted by molar-refractivity contribution is 0.270. The maximum atomic E-state index is 6.07. The summed E-state index contributed by atoms with van der Waals surface area (Å²) >= 11 is 6.07. The van der Waals surface area contributed by atoms with Crippen molar-refractivity contribution in [3.05, 3.63) is 34.3 Å². The fraction of sp³-hybridized carbons (Fsp3) is 0.647. The summed E-state index contributed by atoms with van der Waals surface area (Å²) in [6.45, 7) is 2.33. The molecule has 0 bridgehead atoms. The number of nitrogens with one attached hydrogen (secondary N) is 1. The molecule has 3 rings (SSSR count). The molecule has 0 amide bonds. The van der Waals surface area contributed by atoms with Crippen LogP contribution in [0.5, 0.6) is 0 Å². The van der Waals surface area contributed by atoms with Crippen LogP contribution in [0.2, 0.25) is 5.02 Å². The zero-order valence-corrected chi connectivity index (χ0v) is 12.5. The van der Waals surface area contributed by atoms with E-state index in [0.717, 1.165) is 23.4 Å². The first-order valence-electron chi connectivity index (χ1n) is 7.78. The lowest BCUT2D eigenvalue weighted by atomic mass is 9.84. The summed E-state index contributed by atoms with van der Waals surface area (Å²) in [6.07, 6.45) is 9.27. The molecule has 1 aromatic rings. The number of hydrogen-bond donors (Lipinski definition) is 1. The second-order valence-corrected chi connectivity index (χ2v) is 6.75. The van der Waals surface area contributed by atoms with Crippen molar-refractivity contribution < 1.29 is 0 Å². The Bertz CT molecular complexity index is 435. The monoisotopic (exact) mass is 277 g/mol. The van der Waals surface area contributed by atoms with Gasteiger partial charge in [-0.25, -0.2) is 0 Å². The number of hydrogen-bond acceptors (Lipinski definition) is 1. The smallest absolute Gasteiger partial charge is 0.0408 e. The van der Waals surface area contributed by atoms with Crippen LogP contribution in [0.3, 0.4) is 0 Å². The van der Waals surface area contributed by atoms with Gasteiger partial charge in [0.1, 0.15) is 0 Å². The molecule has 1 N–H and O–H groups in total. The third kappa shape index (κ3) is 3.14. The largest absolute Gasteiger partial charge is 0.311 e. The molecule has 2 aliphatic carbocycles. The Kier molecular flexibility index (Phi) is 4.14. The van der Waals surface area contributed by atoms with E-state index >= 15 is 0 Å². The van der Waals surface area contributed by atoms with Crippen LogP contribution in [0.1, 0.15) is 50.2 Å². The predicted octanol–water partition coefficient (Wildman–Crippen LogP) is 4.37. The van der Waals surface area contributed by atoms with Crippen LogP contribution in [0, 0.1) is 5.92 Å². The van der Waals surface area contributed by atoms with Gasteiger partial charge in [0, 0.05) is 17.1 Å². The normalized spacial score (nSPS) is 30.3. The third-order valence-corrected chi connectivity index (χ3v) is 5.23. The third-order valence-electron chi connectivity index (χ3n) is 5.00. The molecule has 1 nitrogen and oxygen atoms in total. The summed E-state index contributed by atoms with van der Waals surface area (Å²) in [4.78, 5) is 0. The summed E-state index contributed by atoms with van der Waals surface area (Å²) in [5.74, 6) is 0.984. The molecule has 0 aromatic heterocycles. The first-order valence-corrected chi connectivity index (χ1v) is 8.15. The van der Waals surface area contributed by atoms with E-state index < -0.39 is 0 Å². The molecule has 2 heteroatoms. The second-order valence-electron chi connectivity index (χ2n) is 6.31. The molecule has 0 heterocycles. The minimum absolute atomic E-state index is 0.636. The van der Waals surface area contributed by atoms with Gasteiger partial charge in [-0.1, -0.05) is 31.0 Å². The van der Waals surface area contributed by atoms with Gasteiger partial charge in [0.25, 0.3) is 0 Å².